The largest absolute Gasteiger partial charge is 0.491 e. The van der Waals surface area contributed by atoms with Crippen molar-refractivity contribution in [2.24, 2.45) is 0 Å². The van der Waals surface area contributed by atoms with Crippen molar-refractivity contribution in [2.75, 3.05) is 38.2 Å². The molecule has 0 amide bonds. The predicted octanol–water partition coefficient (Wildman–Crippen LogP) is 2.52. The van der Waals surface area contributed by atoms with Crippen LogP contribution in [0.1, 0.15) is 24.5 Å². The van der Waals surface area contributed by atoms with E-state index in [1.54, 1.807) is 0 Å². The fourth-order valence-corrected chi connectivity index (χ4v) is 4.47. The molecule has 1 fully saturated rings. The molecule has 0 radical (unpaired) electrons. The topological polar surface area (TPSA) is 93.6 Å². The number of benzene rings is 1. The number of hydrogen-bond acceptors (Lipinski definition) is 6. The van der Waals surface area contributed by atoms with E-state index in [-0.39, 0.29) is 12.6 Å². The minimum absolute atomic E-state index is 0.0300. The summed E-state index contributed by atoms with van der Waals surface area (Å²) in [6.07, 6.45) is 3.72. The van der Waals surface area contributed by atoms with Crippen molar-refractivity contribution in [1.29, 1.82) is 0 Å². The van der Waals surface area contributed by atoms with Crippen molar-refractivity contribution in [2.45, 2.75) is 25.0 Å². The van der Waals surface area contributed by atoms with E-state index in [0.29, 0.717) is 19.0 Å². The Balaban J connectivity index is 1.50. The number of aliphatic hydroxyl groups excluding tert-OH is 2. The van der Waals surface area contributed by atoms with Crippen LogP contribution in [-0.2, 0) is 0 Å². The maximum atomic E-state index is 11.0. The second kappa shape index (κ2) is 7.67. The van der Waals surface area contributed by atoms with Gasteiger partial charge < -0.3 is 25.3 Å². The highest BCUT2D eigenvalue weighted by atomic mass is 16.5. The van der Waals surface area contributed by atoms with Gasteiger partial charge in [0.25, 0.3) is 0 Å². The van der Waals surface area contributed by atoms with Crippen LogP contribution in [0.15, 0.2) is 36.5 Å². The van der Waals surface area contributed by atoms with Crippen molar-refractivity contribution in [3.63, 3.8) is 0 Å². The molecule has 0 aliphatic carbocycles. The van der Waals surface area contributed by atoms with Crippen LogP contribution in [0.5, 0.6) is 5.75 Å². The van der Waals surface area contributed by atoms with Crippen molar-refractivity contribution in [3.05, 3.63) is 42.1 Å². The number of rotatable bonds is 5. The summed E-state index contributed by atoms with van der Waals surface area (Å²) in [5.41, 5.74) is 3.68. The van der Waals surface area contributed by atoms with E-state index in [4.69, 9.17) is 9.84 Å². The van der Waals surface area contributed by atoms with Crippen LogP contribution in [0.2, 0.25) is 0 Å². The molecule has 152 valence electrons. The number of nitrogens with one attached hydrogen (secondary N) is 2. The molecule has 1 saturated heterocycles. The number of aromatic nitrogens is 2. The first-order chi connectivity index (χ1) is 14.2. The number of fused-ring (bicyclic) bond motifs is 2. The minimum Gasteiger partial charge on any atom is -0.491 e. The first-order valence-electron chi connectivity index (χ1n) is 10.3. The van der Waals surface area contributed by atoms with Crippen LogP contribution in [0.3, 0.4) is 0 Å². The van der Waals surface area contributed by atoms with Gasteiger partial charge in [-0.3, -0.25) is 4.90 Å². The average Bonchev–Trinajstić information content (AvgIpc) is 3.43. The quantitative estimate of drug-likeness (QED) is 0.531. The number of likely N-dealkylation sites (tertiary alicyclic amines) is 1. The van der Waals surface area contributed by atoms with E-state index in [1.807, 2.05) is 36.5 Å². The van der Waals surface area contributed by atoms with E-state index in [1.165, 1.54) is 12.8 Å². The summed E-state index contributed by atoms with van der Waals surface area (Å²) in [5, 5.41) is 24.2. The van der Waals surface area contributed by atoms with Gasteiger partial charge in [0.2, 0.25) is 0 Å². The monoisotopic (exact) mass is 394 g/mol. The number of anilines is 1. The number of nitrogens with zero attached hydrogens (tertiary/aromatic N) is 2. The predicted molar refractivity (Wildman–Crippen MR) is 112 cm³/mol. The van der Waals surface area contributed by atoms with Crippen molar-refractivity contribution in [3.8, 4) is 16.9 Å². The third kappa shape index (κ3) is 3.35. The summed E-state index contributed by atoms with van der Waals surface area (Å²) < 4.78 is 6.10. The Morgan fingerprint density at radius 2 is 2.07 bits per heavy atom. The molecule has 3 aromatic rings. The van der Waals surface area contributed by atoms with Gasteiger partial charge in [0, 0.05) is 23.7 Å². The molecule has 0 bridgehead atoms. The summed E-state index contributed by atoms with van der Waals surface area (Å²) in [6, 6.07) is 10.1. The average molecular weight is 394 g/mol. The highest BCUT2D eigenvalue weighted by Crippen LogP contribution is 2.39. The lowest BCUT2D eigenvalue weighted by molar-refractivity contribution is 0.0140. The van der Waals surface area contributed by atoms with Crippen LogP contribution in [-0.4, -0.2) is 64.0 Å². The number of aliphatic hydroxyl groups is 2. The maximum absolute atomic E-state index is 11.0. The molecule has 7 nitrogen and oxygen atoms in total. The van der Waals surface area contributed by atoms with E-state index < -0.39 is 6.10 Å². The third-order valence-corrected chi connectivity index (χ3v) is 5.97. The van der Waals surface area contributed by atoms with Gasteiger partial charge in [0.1, 0.15) is 29.9 Å². The van der Waals surface area contributed by atoms with Crippen LogP contribution >= 0.6 is 0 Å². The summed E-state index contributed by atoms with van der Waals surface area (Å²) in [5.74, 6) is 1.45. The summed E-state index contributed by atoms with van der Waals surface area (Å²) in [6.45, 7) is 3.06. The molecule has 2 unspecified atom stereocenters. The Morgan fingerprint density at radius 1 is 1.21 bits per heavy atom. The molecule has 2 aromatic heterocycles. The summed E-state index contributed by atoms with van der Waals surface area (Å²) in [7, 11) is 0. The van der Waals surface area contributed by atoms with Crippen molar-refractivity contribution < 1.29 is 14.9 Å². The molecule has 0 saturated carbocycles. The summed E-state index contributed by atoms with van der Waals surface area (Å²) in [4.78, 5) is 10.1. The first-order valence-corrected chi connectivity index (χ1v) is 10.3. The Bertz CT molecular complexity index is 1010. The SMILES string of the molecule is OCCNc1cc(-c2ccc3c(c2)OCC(N2CCCC2)C3O)c2cc[nH]c2n1. The molecule has 29 heavy (non-hydrogen) atoms. The number of pyridine rings is 1. The molecular weight excluding hydrogens is 368 g/mol. The van der Waals surface area contributed by atoms with E-state index in [9.17, 15) is 5.11 Å². The molecular formula is C22H26N4O3. The number of aromatic amines is 1. The van der Waals surface area contributed by atoms with E-state index in [0.717, 1.165) is 46.6 Å². The highest BCUT2D eigenvalue weighted by Gasteiger charge is 2.35. The van der Waals surface area contributed by atoms with Crippen LogP contribution in [0.25, 0.3) is 22.2 Å². The molecule has 0 spiro atoms. The smallest absolute Gasteiger partial charge is 0.140 e. The Labute approximate surface area is 169 Å². The lowest BCUT2D eigenvalue weighted by Crippen LogP contribution is -2.44. The molecule has 2 aliphatic rings. The standard InChI is InChI=1S/C22H26N4O3/c27-10-7-23-20-12-17(15-5-6-24-22(15)25-20)14-3-4-16-19(11-14)29-13-18(21(16)28)26-8-1-2-9-26/h3-6,11-12,18,21,27-28H,1-2,7-10,13H2,(H2,23,24,25). The maximum Gasteiger partial charge on any atom is 0.140 e. The van der Waals surface area contributed by atoms with Gasteiger partial charge in [0.15, 0.2) is 0 Å². The molecule has 2 atom stereocenters. The van der Waals surface area contributed by atoms with Crippen molar-refractivity contribution in [1.82, 2.24) is 14.9 Å². The van der Waals surface area contributed by atoms with E-state index in [2.05, 4.69) is 20.2 Å². The highest BCUT2D eigenvalue weighted by molar-refractivity contribution is 5.95. The van der Waals surface area contributed by atoms with Gasteiger partial charge in [-0.05, 0) is 55.3 Å². The molecule has 5 rings (SSSR count). The van der Waals surface area contributed by atoms with Gasteiger partial charge in [-0.1, -0.05) is 12.1 Å². The fraction of sp³-hybridized carbons (Fsp3) is 0.409. The first kappa shape index (κ1) is 18.4. The lowest BCUT2D eigenvalue weighted by atomic mass is 9.94. The fourth-order valence-electron chi connectivity index (χ4n) is 4.47. The van der Waals surface area contributed by atoms with Gasteiger partial charge in [-0.25, -0.2) is 4.98 Å². The van der Waals surface area contributed by atoms with Gasteiger partial charge in [-0.2, -0.15) is 0 Å². The van der Waals surface area contributed by atoms with Gasteiger partial charge in [-0.15, -0.1) is 0 Å². The second-order valence-corrected chi connectivity index (χ2v) is 7.76. The lowest BCUT2D eigenvalue weighted by Gasteiger charge is -2.36. The van der Waals surface area contributed by atoms with Crippen LogP contribution in [0, 0.1) is 0 Å². The van der Waals surface area contributed by atoms with Crippen LogP contribution < -0.4 is 10.1 Å². The van der Waals surface area contributed by atoms with E-state index >= 15 is 0 Å². The van der Waals surface area contributed by atoms with Gasteiger partial charge >= 0.3 is 0 Å². The molecule has 4 N–H and O–H groups in total. The summed E-state index contributed by atoms with van der Waals surface area (Å²) >= 11 is 0. The molecule has 1 aromatic carbocycles. The molecule has 7 heteroatoms. The normalized spacial score (nSPS) is 21.9. The third-order valence-electron chi connectivity index (χ3n) is 5.97. The Hall–Kier alpha value is -2.61. The zero-order valence-electron chi connectivity index (χ0n) is 16.3. The molecule has 4 heterocycles. The minimum atomic E-state index is -0.530. The number of H-pyrrole nitrogens is 1. The Morgan fingerprint density at radius 3 is 2.90 bits per heavy atom. The van der Waals surface area contributed by atoms with Gasteiger partial charge in [0.05, 0.1) is 12.6 Å². The zero-order chi connectivity index (χ0) is 19.8. The Kier molecular flexibility index (Phi) is 4.87. The van der Waals surface area contributed by atoms with Crippen molar-refractivity contribution >= 4 is 16.9 Å². The second-order valence-electron chi connectivity index (χ2n) is 7.76. The molecule has 2 aliphatic heterocycles. The zero-order valence-corrected chi connectivity index (χ0v) is 16.3. The number of hydrogen-bond donors (Lipinski definition) is 4. The number of ether oxygens (including phenoxy) is 1. The van der Waals surface area contributed by atoms with Crippen LogP contribution in [0.4, 0.5) is 5.82 Å².